The molecule has 1 aliphatic rings. The standard InChI is InChI=1S/C18H19ClN2O3/c1-11-6-12(2)17(15(19)7-11)21-10-13(8-16(21)22)18(23)20-9-14-4-3-5-24-14/h3-7,13H,8-10H2,1-2H3,(H,20,23). The molecular weight excluding hydrogens is 328 g/mol. The second kappa shape index (κ2) is 6.69. The van der Waals surface area contributed by atoms with Gasteiger partial charge in [-0.1, -0.05) is 17.7 Å². The highest BCUT2D eigenvalue weighted by atomic mass is 35.5. The molecular formula is C18H19ClN2O3. The Morgan fingerprint density at radius 1 is 1.42 bits per heavy atom. The first-order chi connectivity index (χ1) is 11.5. The third-order valence-corrected chi connectivity index (χ3v) is 4.47. The molecule has 1 aliphatic heterocycles. The van der Waals surface area contributed by atoms with Crippen LogP contribution in [0.5, 0.6) is 0 Å². The van der Waals surface area contributed by atoms with Crippen LogP contribution in [0.2, 0.25) is 5.02 Å². The number of furan rings is 1. The van der Waals surface area contributed by atoms with Gasteiger partial charge in [-0.15, -0.1) is 0 Å². The lowest BCUT2D eigenvalue weighted by atomic mass is 10.1. The van der Waals surface area contributed by atoms with Crippen LogP contribution in [0.3, 0.4) is 0 Å². The van der Waals surface area contributed by atoms with Gasteiger partial charge in [0.1, 0.15) is 5.76 Å². The average molecular weight is 347 g/mol. The van der Waals surface area contributed by atoms with Gasteiger partial charge < -0.3 is 14.6 Å². The minimum absolute atomic E-state index is 0.0815. The van der Waals surface area contributed by atoms with Crippen LogP contribution in [-0.4, -0.2) is 18.4 Å². The summed E-state index contributed by atoms with van der Waals surface area (Å²) in [5.41, 5.74) is 2.68. The van der Waals surface area contributed by atoms with Crippen molar-refractivity contribution in [3.63, 3.8) is 0 Å². The molecule has 1 saturated heterocycles. The van der Waals surface area contributed by atoms with Gasteiger partial charge in [0.15, 0.2) is 0 Å². The van der Waals surface area contributed by atoms with Crippen molar-refractivity contribution in [2.45, 2.75) is 26.8 Å². The molecule has 1 aromatic heterocycles. The second-order valence-electron chi connectivity index (χ2n) is 6.11. The molecule has 1 N–H and O–H groups in total. The normalized spacial score (nSPS) is 17.4. The van der Waals surface area contributed by atoms with Gasteiger partial charge in [-0.2, -0.15) is 0 Å². The SMILES string of the molecule is Cc1cc(C)c(N2CC(C(=O)NCc3ccco3)CC2=O)c(Cl)c1. The highest BCUT2D eigenvalue weighted by Gasteiger charge is 2.36. The van der Waals surface area contributed by atoms with Gasteiger partial charge >= 0.3 is 0 Å². The van der Waals surface area contributed by atoms with Crippen LogP contribution in [0, 0.1) is 19.8 Å². The Morgan fingerprint density at radius 2 is 2.21 bits per heavy atom. The van der Waals surface area contributed by atoms with E-state index in [1.54, 1.807) is 23.3 Å². The number of nitrogens with zero attached hydrogens (tertiary/aromatic N) is 1. The Kier molecular flexibility index (Phi) is 4.62. The minimum Gasteiger partial charge on any atom is -0.467 e. The lowest BCUT2D eigenvalue weighted by molar-refractivity contribution is -0.126. The molecule has 0 spiro atoms. The summed E-state index contributed by atoms with van der Waals surface area (Å²) in [6.45, 7) is 4.54. The van der Waals surface area contributed by atoms with Gasteiger partial charge in [-0.25, -0.2) is 0 Å². The number of aryl methyl sites for hydroxylation is 2. The van der Waals surface area contributed by atoms with Gasteiger partial charge in [-0.05, 0) is 43.2 Å². The topological polar surface area (TPSA) is 62.6 Å². The van der Waals surface area contributed by atoms with E-state index in [1.807, 2.05) is 26.0 Å². The number of hydrogen-bond donors (Lipinski definition) is 1. The summed E-state index contributed by atoms with van der Waals surface area (Å²) in [4.78, 5) is 26.3. The van der Waals surface area contributed by atoms with Crippen LogP contribution < -0.4 is 10.2 Å². The molecule has 0 bridgehead atoms. The summed E-state index contributed by atoms with van der Waals surface area (Å²) >= 11 is 6.33. The van der Waals surface area contributed by atoms with E-state index in [4.69, 9.17) is 16.0 Å². The number of halogens is 1. The summed E-state index contributed by atoms with van der Waals surface area (Å²) in [6.07, 6.45) is 1.75. The van der Waals surface area contributed by atoms with Gasteiger partial charge in [-0.3, -0.25) is 9.59 Å². The molecule has 0 saturated carbocycles. The van der Waals surface area contributed by atoms with E-state index in [2.05, 4.69) is 5.32 Å². The zero-order valence-corrected chi connectivity index (χ0v) is 14.4. The highest BCUT2D eigenvalue weighted by Crippen LogP contribution is 2.35. The van der Waals surface area contributed by atoms with Crippen molar-refractivity contribution in [2.75, 3.05) is 11.4 Å². The monoisotopic (exact) mass is 346 g/mol. The molecule has 0 aliphatic carbocycles. The van der Waals surface area contributed by atoms with Crippen LogP contribution in [0.15, 0.2) is 34.9 Å². The minimum atomic E-state index is -0.385. The predicted molar refractivity (Wildman–Crippen MR) is 91.9 cm³/mol. The Bertz CT molecular complexity index is 748. The van der Waals surface area contributed by atoms with Crippen LogP contribution >= 0.6 is 11.6 Å². The summed E-state index contributed by atoms with van der Waals surface area (Å²) in [6, 6.07) is 7.38. The summed E-state index contributed by atoms with van der Waals surface area (Å²) in [5.74, 6) is 0.0660. The Balaban J connectivity index is 1.70. The molecule has 2 aromatic rings. The third-order valence-electron chi connectivity index (χ3n) is 4.18. The van der Waals surface area contributed by atoms with Crippen LogP contribution in [0.4, 0.5) is 5.69 Å². The van der Waals surface area contributed by atoms with Gasteiger partial charge in [0, 0.05) is 13.0 Å². The van der Waals surface area contributed by atoms with E-state index in [1.165, 1.54) is 0 Å². The van der Waals surface area contributed by atoms with Crippen molar-refractivity contribution in [1.29, 1.82) is 0 Å². The molecule has 126 valence electrons. The maximum atomic E-state index is 12.4. The maximum absolute atomic E-state index is 12.4. The fourth-order valence-corrected chi connectivity index (χ4v) is 3.50. The highest BCUT2D eigenvalue weighted by molar-refractivity contribution is 6.34. The van der Waals surface area contributed by atoms with Crippen molar-refractivity contribution >= 4 is 29.1 Å². The maximum Gasteiger partial charge on any atom is 0.227 e. The Labute approximate surface area is 145 Å². The Hall–Kier alpha value is -2.27. The molecule has 3 rings (SSSR count). The lowest BCUT2D eigenvalue weighted by Crippen LogP contribution is -2.32. The van der Waals surface area contributed by atoms with E-state index in [0.717, 1.165) is 11.1 Å². The lowest BCUT2D eigenvalue weighted by Gasteiger charge is -2.21. The van der Waals surface area contributed by atoms with E-state index in [0.29, 0.717) is 29.6 Å². The fraction of sp³-hybridized carbons (Fsp3) is 0.333. The molecule has 6 heteroatoms. The van der Waals surface area contributed by atoms with E-state index < -0.39 is 0 Å². The van der Waals surface area contributed by atoms with Crippen molar-refractivity contribution < 1.29 is 14.0 Å². The molecule has 5 nitrogen and oxygen atoms in total. The molecule has 24 heavy (non-hydrogen) atoms. The average Bonchev–Trinajstić information content (AvgIpc) is 3.14. The van der Waals surface area contributed by atoms with Gasteiger partial charge in [0.25, 0.3) is 0 Å². The smallest absolute Gasteiger partial charge is 0.227 e. The molecule has 1 atom stereocenters. The number of carbonyl (C=O) groups excluding carboxylic acids is 2. The number of rotatable bonds is 4. The number of nitrogens with one attached hydrogen (secondary N) is 1. The summed E-state index contributed by atoms with van der Waals surface area (Å²) in [7, 11) is 0. The first-order valence-electron chi connectivity index (χ1n) is 7.83. The van der Waals surface area contributed by atoms with E-state index in [9.17, 15) is 9.59 Å². The van der Waals surface area contributed by atoms with Gasteiger partial charge in [0.2, 0.25) is 11.8 Å². The zero-order valence-electron chi connectivity index (χ0n) is 13.6. The van der Waals surface area contributed by atoms with Crippen molar-refractivity contribution in [3.8, 4) is 0 Å². The van der Waals surface area contributed by atoms with Crippen LogP contribution in [0.25, 0.3) is 0 Å². The number of carbonyl (C=O) groups is 2. The molecule has 2 heterocycles. The second-order valence-corrected chi connectivity index (χ2v) is 6.52. The largest absolute Gasteiger partial charge is 0.467 e. The van der Waals surface area contributed by atoms with Crippen molar-refractivity contribution in [3.05, 3.63) is 52.4 Å². The van der Waals surface area contributed by atoms with Crippen LogP contribution in [-0.2, 0) is 16.1 Å². The molecule has 1 aromatic carbocycles. The number of anilines is 1. The summed E-state index contributed by atoms with van der Waals surface area (Å²) in [5, 5.41) is 3.35. The first-order valence-corrected chi connectivity index (χ1v) is 8.20. The van der Waals surface area contributed by atoms with Crippen LogP contribution in [0.1, 0.15) is 23.3 Å². The van der Waals surface area contributed by atoms with Crippen molar-refractivity contribution in [2.24, 2.45) is 5.92 Å². The summed E-state index contributed by atoms with van der Waals surface area (Å²) < 4.78 is 5.19. The van der Waals surface area contributed by atoms with E-state index >= 15 is 0 Å². The molecule has 0 radical (unpaired) electrons. The molecule has 1 unspecified atom stereocenters. The van der Waals surface area contributed by atoms with E-state index in [-0.39, 0.29) is 24.2 Å². The predicted octanol–water partition coefficient (Wildman–Crippen LogP) is 3.22. The number of hydrogen-bond acceptors (Lipinski definition) is 3. The van der Waals surface area contributed by atoms with Crippen molar-refractivity contribution in [1.82, 2.24) is 5.32 Å². The fourth-order valence-electron chi connectivity index (χ4n) is 3.08. The Morgan fingerprint density at radius 3 is 2.88 bits per heavy atom. The van der Waals surface area contributed by atoms with Gasteiger partial charge in [0.05, 0.1) is 29.4 Å². The third kappa shape index (κ3) is 3.31. The first kappa shape index (κ1) is 16.6. The quantitative estimate of drug-likeness (QED) is 0.924. The zero-order chi connectivity index (χ0) is 17.3. The molecule has 2 amide bonds. The number of benzene rings is 1. The number of amides is 2. The molecule has 1 fully saturated rings.